The number of nitrogens with one attached hydrogen (secondary N) is 1. The van der Waals surface area contributed by atoms with Crippen LogP contribution in [0, 0.1) is 5.92 Å². The number of hydrogen-bond donors (Lipinski definition) is 1. The molecule has 2 aromatic rings. The molecule has 0 bridgehead atoms. The van der Waals surface area contributed by atoms with Crippen LogP contribution in [0.1, 0.15) is 18.5 Å². The van der Waals surface area contributed by atoms with Gasteiger partial charge in [0.05, 0.1) is 23.8 Å². The van der Waals surface area contributed by atoms with Crippen molar-refractivity contribution in [3.8, 4) is 11.3 Å². The highest BCUT2D eigenvalue weighted by Gasteiger charge is 2.14. The summed E-state index contributed by atoms with van der Waals surface area (Å²) in [5.41, 5.74) is 2.99. The minimum Gasteiger partial charge on any atom is -0.316 e. The number of aryl methyl sites for hydroxylation is 1. The van der Waals surface area contributed by atoms with Crippen LogP contribution in [0.4, 0.5) is 0 Å². The van der Waals surface area contributed by atoms with Crippen LogP contribution in [0.25, 0.3) is 11.3 Å². The van der Waals surface area contributed by atoms with Crippen LogP contribution < -0.4 is 5.32 Å². The molecular weight excluding hydrogens is 238 g/mol. The Morgan fingerprint density at radius 2 is 2.26 bits per heavy atom. The maximum atomic E-state index is 4.53. The fourth-order valence-electron chi connectivity index (χ4n) is 2.56. The lowest BCUT2D eigenvalue weighted by atomic mass is 9.95. The molecule has 19 heavy (non-hydrogen) atoms. The Labute approximate surface area is 113 Å². The fraction of sp³-hybridized carbons (Fsp3) is 0.500. The average molecular weight is 257 g/mol. The second-order valence-corrected chi connectivity index (χ2v) is 5.21. The topological polar surface area (TPSA) is 55.6 Å². The molecule has 5 nitrogen and oxygen atoms in total. The van der Waals surface area contributed by atoms with Gasteiger partial charge < -0.3 is 5.32 Å². The standard InChI is InChI=1S/C14H19N5/c1-19-10-12(7-18-19)14-9-16-13(8-17-14)5-11-3-2-4-15-6-11/h7-11,15H,2-6H2,1H3/t11-/m1/s1. The third-order valence-corrected chi connectivity index (χ3v) is 3.60. The smallest absolute Gasteiger partial charge is 0.0916 e. The Morgan fingerprint density at radius 3 is 2.89 bits per heavy atom. The summed E-state index contributed by atoms with van der Waals surface area (Å²) in [7, 11) is 1.90. The Kier molecular flexibility index (Phi) is 3.55. The Bertz CT molecular complexity index is 525. The van der Waals surface area contributed by atoms with Gasteiger partial charge in [0.25, 0.3) is 0 Å². The van der Waals surface area contributed by atoms with Gasteiger partial charge in [-0.3, -0.25) is 14.6 Å². The summed E-state index contributed by atoms with van der Waals surface area (Å²) in [5, 5.41) is 7.59. The first-order valence-electron chi connectivity index (χ1n) is 6.82. The second-order valence-electron chi connectivity index (χ2n) is 5.21. The molecule has 5 heteroatoms. The van der Waals surface area contributed by atoms with Gasteiger partial charge in [0, 0.05) is 25.0 Å². The quantitative estimate of drug-likeness (QED) is 0.903. The van der Waals surface area contributed by atoms with Gasteiger partial charge in [0.1, 0.15) is 0 Å². The van der Waals surface area contributed by atoms with E-state index in [1.807, 2.05) is 31.8 Å². The summed E-state index contributed by atoms with van der Waals surface area (Å²) in [6, 6.07) is 0. The van der Waals surface area contributed by atoms with E-state index in [1.54, 1.807) is 4.68 Å². The minimum absolute atomic E-state index is 0.701. The van der Waals surface area contributed by atoms with Gasteiger partial charge in [0.2, 0.25) is 0 Å². The second kappa shape index (κ2) is 5.48. The average Bonchev–Trinajstić information content (AvgIpc) is 2.87. The molecule has 100 valence electrons. The van der Waals surface area contributed by atoms with E-state index < -0.39 is 0 Å². The molecule has 1 fully saturated rings. The third-order valence-electron chi connectivity index (χ3n) is 3.60. The van der Waals surface area contributed by atoms with Gasteiger partial charge in [0.15, 0.2) is 0 Å². The van der Waals surface area contributed by atoms with Crippen molar-refractivity contribution in [1.82, 2.24) is 25.1 Å². The highest BCUT2D eigenvalue weighted by molar-refractivity contribution is 5.55. The van der Waals surface area contributed by atoms with Crippen molar-refractivity contribution in [1.29, 1.82) is 0 Å². The first kappa shape index (κ1) is 12.3. The number of nitrogens with zero attached hydrogens (tertiary/aromatic N) is 4. The fourth-order valence-corrected chi connectivity index (χ4v) is 2.56. The molecule has 2 aromatic heterocycles. The van der Waals surface area contributed by atoms with E-state index in [4.69, 9.17) is 0 Å². The number of hydrogen-bond acceptors (Lipinski definition) is 4. The number of aromatic nitrogens is 4. The third kappa shape index (κ3) is 2.98. The number of piperidine rings is 1. The van der Waals surface area contributed by atoms with E-state index in [0.717, 1.165) is 36.5 Å². The van der Waals surface area contributed by atoms with Crippen LogP contribution in [0.2, 0.25) is 0 Å². The van der Waals surface area contributed by atoms with Gasteiger partial charge in [-0.05, 0) is 38.3 Å². The number of rotatable bonds is 3. The summed E-state index contributed by atoms with van der Waals surface area (Å²) in [6.07, 6.45) is 11.1. The van der Waals surface area contributed by atoms with Gasteiger partial charge >= 0.3 is 0 Å². The zero-order chi connectivity index (χ0) is 13.1. The van der Waals surface area contributed by atoms with E-state index in [0.29, 0.717) is 5.92 Å². The van der Waals surface area contributed by atoms with E-state index in [1.165, 1.54) is 12.8 Å². The van der Waals surface area contributed by atoms with Gasteiger partial charge in [-0.1, -0.05) is 0 Å². The molecule has 3 rings (SSSR count). The first-order chi connectivity index (χ1) is 9.31. The van der Waals surface area contributed by atoms with Gasteiger partial charge in [-0.25, -0.2) is 0 Å². The van der Waals surface area contributed by atoms with Crippen molar-refractivity contribution < 1.29 is 0 Å². The summed E-state index contributed by atoms with van der Waals surface area (Å²) < 4.78 is 1.78. The van der Waals surface area contributed by atoms with Gasteiger partial charge in [-0.15, -0.1) is 0 Å². The normalized spacial score (nSPS) is 19.5. The van der Waals surface area contributed by atoms with Crippen molar-refractivity contribution in [3.05, 3.63) is 30.5 Å². The van der Waals surface area contributed by atoms with Gasteiger partial charge in [-0.2, -0.15) is 5.10 Å². The van der Waals surface area contributed by atoms with E-state index in [9.17, 15) is 0 Å². The van der Waals surface area contributed by atoms with Crippen LogP contribution in [0.5, 0.6) is 0 Å². The molecule has 0 aliphatic carbocycles. The molecule has 0 amide bonds. The van der Waals surface area contributed by atoms with E-state index in [2.05, 4.69) is 20.4 Å². The highest BCUT2D eigenvalue weighted by Crippen LogP contribution is 2.17. The molecule has 1 aliphatic rings. The van der Waals surface area contributed by atoms with E-state index in [-0.39, 0.29) is 0 Å². The van der Waals surface area contributed by atoms with E-state index >= 15 is 0 Å². The van der Waals surface area contributed by atoms with Crippen molar-refractivity contribution >= 4 is 0 Å². The lowest BCUT2D eigenvalue weighted by molar-refractivity contribution is 0.373. The van der Waals surface area contributed by atoms with Crippen LogP contribution in [-0.2, 0) is 13.5 Å². The molecule has 1 atom stereocenters. The molecule has 1 aliphatic heterocycles. The Morgan fingerprint density at radius 1 is 1.32 bits per heavy atom. The van der Waals surface area contributed by atoms with Crippen molar-refractivity contribution in [2.24, 2.45) is 13.0 Å². The lowest BCUT2D eigenvalue weighted by Crippen LogP contribution is -2.31. The molecule has 0 radical (unpaired) electrons. The molecular formula is C14H19N5. The highest BCUT2D eigenvalue weighted by atomic mass is 15.2. The molecule has 1 saturated heterocycles. The summed E-state index contributed by atoms with van der Waals surface area (Å²) in [6.45, 7) is 2.26. The molecule has 0 saturated carbocycles. The first-order valence-corrected chi connectivity index (χ1v) is 6.82. The van der Waals surface area contributed by atoms with Crippen molar-refractivity contribution in [2.75, 3.05) is 13.1 Å². The molecule has 0 aromatic carbocycles. The molecule has 3 heterocycles. The van der Waals surface area contributed by atoms with Crippen LogP contribution in [0.3, 0.4) is 0 Å². The summed E-state index contributed by atoms with van der Waals surface area (Å²) in [5.74, 6) is 0.701. The van der Waals surface area contributed by atoms with Crippen molar-refractivity contribution in [3.63, 3.8) is 0 Å². The lowest BCUT2D eigenvalue weighted by Gasteiger charge is -2.22. The SMILES string of the molecule is Cn1cc(-c2cnc(C[C@H]3CCCNC3)cn2)cn1. The Balaban J connectivity index is 1.68. The largest absolute Gasteiger partial charge is 0.316 e. The predicted octanol–water partition coefficient (Wildman–Crippen LogP) is 1.42. The minimum atomic E-state index is 0.701. The zero-order valence-corrected chi connectivity index (χ0v) is 11.2. The van der Waals surface area contributed by atoms with Crippen molar-refractivity contribution in [2.45, 2.75) is 19.3 Å². The Hall–Kier alpha value is -1.75. The monoisotopic (exact) mass is 257 g/mol. The molecule has 0 unspecified atom stereocenters. The van der Waals surface area contributed by atoms with Crippen LogP contribution in [-0.4, -0.2) is 32.8 Å². The molecule has 1 N–H and O–H groups in total. The summed E-state index contributed by atoms with van der Waals surface area (Å²) >= 11 is 0. The summed E-state index contributed by atoms with van der Waals surface area (Å²) in [4.78, 5) is 9.02. The van der Waals surface area contributed by atoms with Crippen LogP contribution >= 0.6 is 0 Å². The maximum absolute atomic E-state index is 4.53. The maximum Gasteiger partial charge on any atom is 0.0916 e. The zero-order valence-electron chi connectivity index (χ0n) is 11.2. The molecule has 0 spiro atoms. The van der Waals surface area contributed by atoms with Crippen LogP contribution in [0.15, 0.2) is 24.8 Å². The predicted molar refractivity (Wildman–Crippen MR) is 73.5 cm³/mol.